The Hall–Kier alpha value is -2.73. The molecule has 7 heteroatoms. The van der Waals surface area contributed by atoms with Gasteiger partial charge in [-0.05, 0) is 60.2 Å². The molecule has 2 atom stereocenters. The first-order valence-electron chi connectivity index (χ1n) is 13.6. The second-order valence-electron chi connectivity index (χ2n) is 10.5. The van der Waals surface area contributed by atoms with E-state index in [1.165, 1.54) is 11.1 Å². The Labute approximate surface area is 225 Å². The zero-order valence-corrected chi connectivity index (χ0v) is 22.8. The number of amides is 1. The third kappa shape index (κ3) is 6.78. The fourth-order valence-electron chi connectivity index (χ4n) is 5.57. The van der Waals surface area contributed by atoms with Crippen molar-refractivity contribution < 1.29 is 19.4 Å². The maximum Gasteiger partial charge on any atom is 0.311 e. The molecule has 2 aromatic rings. The number of fused-ring (bicyclic) bond motifs is 1. The number of halogens is 1. The molecule has 0 saturated heterocycles. The van der Waals surface area contributed by atoms with Crippen LogP contribution >= 0.6 is 11.6 Å². The van der Waals surface area contributed by atoms with Gasteiger partial charge >= 0.3 is 5.97 Å². The van der Waals surface area contributed by atoms with Gasteiger partial charge in [0.15, 0.2) is 0 Å². The molecule has 1 N–H and O–H groups in total. The number of carbonyl (C=O) groups excluding carboxylic acids is 1. The largest absolute Gasteiger partial charge is 0.491 e. The molecular weight excluding hydrogens is 488 g/mol. The summed E-state index contributed by atoms with van der Waals surface area (Å²) in [5, 5.41) is 10.8. The first kappa shape index (κ1) is 27.3. The Kier molecular flexibility index (Phi) is 9.36. The summed E-state index contributed by atoms with van der Waals surface area (Å²) in [6.07, 6.45) is 7.26. The lowest BCUT2D eigenvalue weighted by Crippen LogP contribution is -2.31. The molecule has 2 aliphatic heterocycles. The molecule has 4 rings (SSSR count). The molecular formula is C30H39ClN2O4. The number of benzene rings is 2. The zero-order chi connectivity index (χ0) is 26.4. The fourth-order valence-corrected chi connectivity index (χ4v) is 5.77. The summed E-state index contributed by atoms with van der Waals surface area (Å²) in [6.45, 7) is 5.05. The summed E-state index contributed by atoms with van der Waals surface area (Å²) in [4.78, 5) is 29.2. The average molecular weight is 527 g/mol. The Morgan fingerprint density at radius 3 is 2.59 bits per heavy atom. The molecule has 2 aromatic carbocycles. The molecule has 0 spiro atoms. The summed E-state index contributed by atoms with van der Waals surface area (Å²) < 4.78 is 6.36. The number of carbonyl (C=O) groups is 2. The van der Waals surface area contributed by atoms with Gasteiger partial charge in [-0.25, -0.2) is 0 Å². The number of carboxylic acid groups (broad SMARTS) is 1. The van der Waals surface area contributed by atoms with Crippen LogP contribution in [0.15, 0.2) is 36.4 Å². The van der Waals surface area contributed by atoms with Crippen LogP contribution in [0, 0.1) is 0 Å². The van der Waals surface area contributed by atoms with Crippen LogP contribution in [-0.2, 0) is 16.0 Å². The zero-order valence-electron chi connectivity index (χ0n) is 22.0. The second kappa shape index (κ2) is 12.7. The number of nitrogens with zero attached hydrogens (tertiary/aromatic N) is 2. The quantitative estimate of drug-likeness (QED) is 0.509. The van der Waals surface area contributed by atoms with Crippen molar-refractivity contribution in [3.05, 3.63) is 58.1 Å². The molecule has 2 unspecified atom stereocenters. The third-order valence-corrected chi connectivity index (χ3v) is 7.93. The Morgan fingerprint density at radius 2 is 1.84 bits per heavy atom. The van der Waals surface area contributed by atoms with Crippen molar-refractivity contribution in [2.45, 2.75) is 70.1 Å². The lowest BCUT2D eigenvalue weighted by atomic mass is 9.91. The normalized spacial score (nSPS) is 21.4. The van der Waals surface area contributed by atoms with E-state index < -0.39 is 11.9 Å². The van der Waals surface area contributed by atoms with Crippen LogP contribution in [0.1, 0.15) is 80.4 Å². The van der Waals surface area contributed by atoms with Crippen molar-refractivity contribution in [2.24, 2.45) is 0 Å². The van der Waals surface area contributed by atoms with Gasteiger partial charge in [-0.1, -0.05) is 56.3 Å². The van der Waals surface area contributed by atoms with Gasteiger partial charge in [-0.3, -0.25) is 9.59 Å². The van der Waals surface area contributed by atoms with Crippen LogP contribution in [0.2, 0.25) is 5.02 Å². The number of ether oxygens (including phenoxy) is 1. The summed E-state index contributed by atoms with van der Waals surface area (Å²) in [6, 6.07) is 11.8. The summed E-state index contributed by atoms with van der Waals surface area (Å²) >= 11 is 6.34. The van der Waals surface area contributed by atoms with E-state index in [4.69, 9.17) is 16.3 Å². The number of aliphatic carboxylic acids is 1. The topological polar surface area (TPSA) is 70.1 Å². The molecule has 37 heavy (non-hydrogen) atoms. The molecule has 0 fully saturated rings. The van der Waals surface area contributed by atoms with E-state index in [0.717, 1.165) is 74.5 Å². The summed E-state index contributed by atoms with van der Waals surface area (Å²) in [7, 11) is 1.77. The highest BCUT2D eigenvalue weighted by atomic mass is 35.5. The predicted octanol–water partition coefficient (Wildman–Crippen LogP) is 6.26. The van der Waals surface area contributed by atoms with Crippen molar-refractivity contribution in [1.29, 1.82) is 0 Å². The molecule has 0 saturated carbocycles. The minimum atomic E-state index is -0.977. The van der Waals surface area contributed by atoms with Gasteiger partial charge in [0.2, 0.25) is 5.91 Å². The molecule has 0 aliphatic carbocycles. The average Bonchev–Trinajstić information content (AvgIpc) is 3.05. The maximum atomic E-state index is 12.8. The monoisotopic (exact) mass is 526 g/mol. The third-order valence-electron chi connectivity index (χ3n) is 7.70. The first-order chi connectivity index (χ1) is 17.9. The van der Waals surface area contributed by atoms with Gasteiger partial charge in [0.25, 0.3) is 0 Å². The van der Waals surface area contributed by atoms with Gasteiger partial charge < -0.3 is 19.6 Å². The maximum absolute atomic E-state index is 12.8. The smallest absolute Gasteiger partial charge is 0.311 e. The van der Waals surface area contributed by atoms with Crippen LogP contribution in [0.25, 0.3) is 0 Å². The number of hydrogen-bond acceptors (Lipinski definition) is 4. The van der Waals surface area contributed by atoms with E-state index in [0.29, 0.717) is 18.7 Å². The SMILES string of the molecule is CCCc1cc(Cl)ccc1C1COc2ccc3cc2N(CCCCCCCN(C)C(=O)CC3C(=O)O)C1. The van der Waals surface area contributed by atoms with Crippen molar-refractivity contribution in [1.82, 2.24) is 4.90 Å². The van der Waals surface area contributed by atoms with Crippen molar-refractivity contribution in [3.8, 4) is 5.75 Å². The van der Waals surface area contributed by atoms with E-state index in [9.17, 15) is 14.7 Å². The fraction of sp³-hybridized carbons (Fsp3) is 0.533. The highest BCUT2D eigenvalue weighted by Crippen LogP contribution is 2.39. The Balaban J connectivity index is 1.70. The van der Waals surface area contributed by atoms with E-state index in [-0.39, 0.29) is 18.2 Å². The van der Waals surface area contributed by atoms with Gasteiger partial charge in [-0.15, -0.1) is 0 Å². The van der Waals surface area contributed by atoms with E-state index in [2.05, 4.69) is 24.0 Å². The minimum absolute atomic E-state index is 0.0424. The standard InChI is InChI=1S/C30H39ClN2O4/c1-3-9-21-16-24(31)11-12-25(21)23-19-33-15-8-6-4-5-7-14-32(2)29(34)18-26(30(35)36)22-10-13-28(37-20-23)27(33)17-22/h10-13,16-17,23,26H,3-9,14-15,18-20H2,1-2H3,(H,35,36). The van der Waals surface area contributed by atoms with Crippen molar-refractivity contribution in [2.75, 3.05) is 38.2 Å². The minimum Gasteiger partial charge on any atom is -0.491 e. The van der Waals surface area contributed by atoms with E-state index in [1.807, 2.05) is 24.3 Å². The summed E-state index contributed by atoms with van der Waals surface area (Å²) in [5.41, 5.74) is 4.11. The van der Waals surface area contributed by atoms with Gasteiger partial charge in [0.1, 0.15) is 5.75 Å². The van der Waals surface area contributed by atoms with Crippen LogP contribution in [0.3, 0.4) is 0 Å². The van der Waals surface area contributed by atoms with Crippen LogP contribution < -0.4 is 9.64 Å². The number of aryl methyl sites for hydroxylation is 1. The highest BCUT2D eigenvalue weighted by Gasteiger charge is 2.30. The van der Waals surface area contributed by atoms with Gasteiger partial charge in [0.05, 0.1) is 18.2 Å². The number of rotatable bonds is 4. The molecule has 2 bridgehead atoms. The molecule has 200 valence electrons. The van der Waals surface area contributed by atoms with Crippen LogP contribution in [0.4, 0.5) is 5.69 Å². The number of carboxylic acids is 1. The van der Waals surface area contributed by atoms with E-state index >= 15 is 0 Å². The lowest BCUT2D eigenvalue weighted by Gasteiger charge is -2.28. The first-order valence-corrected chi connectivity index (χ1v) is 14.0. The van der Waals surface area contributed by atoms with Crippen LogP contribution in [0.5, 0.6) is 5.75 Å². The van der Waals surface area contributed by atoms with Crippen molar-refractivity contribution in [3.63, 3.8) is 0 Å². The highest BCUT2D eigenvalue weighted by molar-refractivity contribution is 6.30. The molecule has 2 aliphatic rings. The number of hydrogen-bond donors (Lipinski definition) is 1. The predicted molar refractivity (Wildman–Crippen MR) is 148 cm³/mol. The van der Waals surface area contributed by atoms with E-state index in [1.54, 1.807) is 11.9 Å². The van der Waals surface area contributed by atoms with Crippen molar-refractivity contribution >= 4 is 29.2 Å². The second-order valence-corrected chi connectivity index (χ2v) is 10.9. The Bertz CT molecular complexity index is 1100. The van der Waals surface area contributed by atoms with Crippen LogP contribution in [-0.4, -0.2) is 55.2 Å². The summed E-state index contributed by atoms with van der Waals surface area (Å²) in [5.74, 6) is -1.05. The number of anilines is 1. The molecule has 0 radical (unpaired) electrons. The lowest BCUT2D eigenvalue weighted by molar-refractivity contribution is -0.142. The van der Waals surface area contributed by atoms with Gasteiger partial charge in [0, 0.05) is 44.0 Å². The molecule has 6 nitrogen and oxygen atoms in total. The Morgan fingerprint density at radius 1 is 1.08 bits per heavy atom. The molecule has 2 heterocycles. The van der Waals surface area contributed by atoms with Gasteiger partial charge in [-0.2, -0.15) is 0 Å². The molecule has 0 aromatic heterocycles. The molecule has 1 amide bonds.